The lowest BCUT2D eigenvalue weighted by molar-refractivity contribution is -0.143. The third-order valence-electron chi connectivity index (χ3n) is 4.21. The molecule has 3 rings (SSSR count). The van der Waals surface area contributed by atoms with Gasteiger partial charge in [0.05, 0.1) is 14.9 Å². The Balaban J connectivity index is 2.12. The number of carbonyl (C=O) groups is 1. The van der Waals surface area contributed by atoms with E-state index < -0.39 is 39.2 Å². The Morgan fingerprint density at radius 1 is 1.06 bits per heavy atom. The first kappa shape index (κ1) is 24.3. The molecule has 0 saturated carbocycles. The number of hydrogen-bond donors (Lipinski definition) is 1. The fraction of sp³-hybridized carbons (Fsp3) is 0.167. The quantitative estimate of drug-likeness (QED) is 0.516. The summed E-state index contributed by atoms with van der Waals surface area (Å²) in [4.78, 5) is 12.3. The molecule has 1 aromatic heterocycles. The van der Waals surface area contributed by atoms with Crippen molar-refractivity contribution in [3.63, 3.8) is 0 Å². The van der Waals surface area contributed by atoms with Gasteiger partial charge in [-0.3, -0.25) is 4.79 Å². The number of amides is 1. The standard InChI is InChI=1S/C18H12Cl3F3N4O3S/c1-8-3-4-9(2)13(5-8)32(30,31)26-17(29)14-16(18(22,23)24)28(27-25-14)15-11(20)6-10(19)7-12(15)21/h3-7H,1-2H3,(H,26,29). The van der Waals surface area contributed by atoms with Crippen LogP contribution in [0.5, 0.6) is 0 Å². The number of rotatable bonds is 4. The number of alkyl halides is 3. The minimum absolute atomic E-state index is 0.0509. The van der Waals surface area contributed by atoms with Crippen LogP contribution < -0.4 is 4.72 Å². The van der Waals surface area contributed by atoms with E-state index in [0.29, 0.717) is 5.56 Å². The van der Waals surface area contributed by atoms with Crippen molar-refractivity contribution in [1.82, 2.24) is 19.7 Å². The summed E-state index contributed by atoms with van der Waals surface area (Å²) in [6.45, 7) is 3.09. The monoisotopic (exact) mass is 526 g/mol. The van der Waals surface area contributed by atoms with Gasteiger partial charge in [-0.15, -0.1) is 5.10 Å². The zero-order valence-corrected chi connectivity index (χ0v) is 19.2. The molecule has 1 N–H and O–H groups in total. The summed E-state index contributed by atoms with van der Waals surface area (Å²) in [5, 5.41) is 6.04. The molecule has 0 fully saturated rings. The smallest absolute Gasteiger partial charge is 0.266 e. The molecular weight excluding hydrogens is 516 g/mol. The molecule has 170 valence electrons. The van der Waals surface area contributed by atoms with Gasteiger partial charge in [0.2, 0.25) is 0 Å². The van der Waals surface area contributed by atoms with Crippen molar-refractivity contribution in [3.05, 3.63) is 67.9 Å². The van der Waals surface area contributed by atoms with E-state index in [9.17, 15) is 26.4 Å². The zero-order chi connectivity index (χ0) is 24.0. The number of halogens is 6. The van der Waals surface area contributed by atoms with Gasteiger partial charge in [-0.1, -0.05) is 52.1 Å². The van der Waals surface area contributed by atoms with Gasteiger partial charge in [0.1, 0.15) is 5.69 Å². The topological polar surface area (TPSA) is 93.9 Å². The second kappa shape index (κ2) is 8.54. The Morgan fingerprint density at radius 2 is 1.66 bits per heavy atom. The van der Waals surface area contributed by atoms with Crippen LogP contribution in [0.15, 0.2) is 35.2 Å². The van der Waals surface area contributed by atoms with Gasteiger partial charge in [-0.05, 0) is 43.2 Å². The van der Waals surface area contributed by atoms with Crippen molar-refractivity contribution in [3.8, 4) is 5.69 Å². The van der Waals surface area contributed by atoms with Gasteiger partial charge in [0.15, 0.2) is 11.4 Å². The number of aromatic nitrogens is 3. The number of sulfonamides is 1. The molecule has 1 amide bonds. The third kappa shape index (κ3) is 4.70. The Hall–Kier alpha value is -2.34. The van der Waals surface area contributed by atoms with Crippen LogP contribution in [0, 0.1) is 13.8 Å². The van der Waals surface area contributed by atoms with Crippen molar-refractivity contribution in [2.45, 2.75) is 24.9 Å². The molecular formula is C18H12Cl3F3N4O3S. The minimum Gasteiger partial charge on any atom is -0.266 e. The van der Waals surface area contributed by atoms with Crippen LogP contribution in [0.4, 0.5) is 13.2 Å². The second-order valence-electron chi connectivity index (χ2n) is 6.62. The Kier molecular flexibility index (Phi) is 6.49. The van der Waals surface area contributed by atoms with Crippen LogP contribution in [0.3, 0.4) is 0 Å². The van der Waals surface area contributed by atoms with E-state index >= 15 is 0 Å². The number of aryl methyl sites for hydroxylation is 2. The van der Waals surface area contributed by atoms with E-state index in [0.717, 1.165) is 12.1 Å². The van der Waals surface area contributed by atoms with Crippen LogP contribution in [0.1, 0.15) is 27.3 Å². The predicted octanol–water partition coefficient (Wildman–Crippen LogP) is 4.98. The van der Waals surface area contributed by atoms with Crippen LogP contribution >= 0.6 is 34.8 Å². The number of carbonyl (C=O) groups excluding carboxylic acids is 1. The first-order valence-electron chi connectivity index (χ1n) is 8.54. The molecule has 0 radical (unpaired) electrons. The zero-order valence-electron chi connectivity index (χ0n) is 16.1. The third-order valence-corrected chi connectivity index (χ3v) is 6.47. The van der Waals surface area contributed by atoms with E-state index in [-0.39, 0.29) is 30.2 Å². The lowest BCUT2D eigenvalue weighted by atomic mass is 10.2. The van der Waals surface area contributed by atoms with E-state index in [1.807, 2.05) is 0 Å². The molecule has 0 saturated heterocycles. The van der Waals surface area contributed by atoms with E-state index in [1.165, 1.54) is 19.1 Å². The summed E-state index contributed by atoms with van der Waals surface area (Å²) in [7, 11) is -4.51. The molecule has 0 aliphatic rings. The molecule has 0 unspecified atom stereocenters. The molecule has 0 atom stereocenters. The highest BCUT2D eigenvalue weighted by Crippen LogP contribution is 2.38. The number of hydrogen-bond acceptors (Lipinski definition) is 5. The Bertz CT molecular complexity index is 1320. The molecule has 7 nitrogen and oxygen atoms in total. The normalized spacial score (nSPS) is 12.1. The van der Waals surface area contributed by atoms with Gasteiger partial charge in [0, 0.05) is 5.02 Å². The molecule has 32 heavy (non-hydrogen) atoms. The van der Waals surface area contributed by atoms with Crippen molar-refractivity contribution < 1.29 is 26.4 Å². The van der Waals surface area contributed by atoms with Gasteiger partial charge < -0.3 is 0 Å². The molecule has 0 aliphatic carbocycles. The Labute approximate surface area is 195 Å². The summed E-state index contributed by atoms with van der Waals surface area (Å²) in [6, 6.07) is 6.66. The highest BCUT2D eigenvalue weighted by molar-refractivity contribution is 7.90. The molecule has 14 heteroatoms. The maximum absolute atomic E-state index is 13.9. The van der Waals surface area contributed by atoms with Gasteiger partial charge in [0.25, 0.3) is 15.9 Å². The Morgan fingerprint density at radius 3 is 2.22 bits per heavy atom. The van der Waals surface area contributed by atoms with Crippen LogP contribution in [0.2, 0.25) is 15.1 Å². The molecule has 3 aromatic rings. The second-order valence-corrected chi connectivity index (χ2v) is 9.52. The lowest BCUT2D eigenvalue weighted by Gasteiger charge is -2.14. The minimum atomic E-state index is -5.18. The average Bonchev–Trinajstić information content (AvgIpc) is 3.07. The average molecular weight is 528 g/mol. The van der Waals surface area contributed by atoms with Gasteiger partial charge in [-0.2, -0.15) is 13.2 Å². The molecule has 1 heterocycles. The fourth-order valence-corrected chi connectivity index (χ4v) is 5.07. The maximum atomic E-state index is 13.9. The number of nitrogens with one attached hydrogen (secondary N) is 1. The van der Waals surface area contributed by atoms with Crippen molar-refractivity contribution >= 4 is 50.7 Å². The first-order valence-corrected chi connectivity index (χ1v) is 11.2. The largest absolute Gasteiger partial charge is 0.435 e. The molecule has 2 aromatic carbocycles. The van der Waals surface area contributed by atoms with Crippen molar-refractivity contribution in [1.29, 1.82) is 0 Å². The first-order chi connectivity index (χ1) is 14.7. The summed E-state index contributed by atoms with van der Waals surface area (Å²) >= 11 is 17.7. The highest BCUT2D eigenvalue weighted by Gasteiger charge is 2.43. The number of nitrogens with zero attached hydrogens (tertiary/aromatic N) is 3. The maximum Gasteiger partial charge on any atom is 0.435 e. The lowest BCUT2D eigenvalue weighted by Crippen LogP contribution is -2.33. The van der Waals surface area contributed by atoms with Gasteiger partial charge >= 0.3 is 6.18 Å². The summed E-state index contributed by atoms with van der Waals surface area (Å²) < 4.78 is 68.7. The molecule has 0 aliphatic heterocycles. The van der Waals surface area contributed by atoms with Gasteiger partial charge in [-0.25, -0.2) is 17.8 Å². The molecule has 0 spiro atoms. The summed E-state index contributed by atoms with van der Waals surface area (Å²) in [5.41, 5.74) is -2.53. The van der Waals surface area contributed by atoms with Crippen molar-refractivity contribution in [2.75, 3.05) is 0 Å². The van der Waals surface area contributed by atoms with Crippen LogP contribution in [0.25, 0.3) is 5.69 Å². The van der Waals surface area contributed by atoms with Crippen molar-refractivity contribution in [2.24, 2.45) is 0 Å². The fourth-order valence-electron chi connectivity index (χ4n) is 2.80. The molecule has 0 bridgehead atoms. The summed E-state index contributed by atoms with van der Waals surface area (Å²) in [5.74, 6) is -1.63. The predicted molar refractivity (Wildman–Crippen MR) is 112 cm³/mol. The SMILES string of the molecule is Cc1ccc(C)c(S(=O)(=O)NC(=O)c2nnn(-c3c(Cl)cc(Cl)cc3Cl)c2C(F)(F)F)c1. The van der Waals surface area contributed by atoms with E-state index in [4.69, 9.17) is 34.8 Å². The summed E-state index contributed by atoms with van der Waals surface area (Å²) in [6.07, 6.45) is -5.18. The highest BCUT2D eigenvalue weighted by atomic mass is 35.5. The number of benzene rings is 2. The van der Waals surface area contributed by atoms with Crippen LogP contribution in [-0.2, 0) is 16.2 Å². The van der Waals surface area contributed by atoms with E-state index in [1.54, 1.807) is 17.7 Å². The van der Waals surface area contributed by atoms with E-state index in [2.05, 4.69) is 10.3 Å². The van der Waals surface area contributed by atoms with Crippen LogP contribution in [-0.4, -0.2) is 29.3 Å².